The van der Waals surface area contributed by atoms with Crippen LogP contribution in [0, 0.1) is 5.92 Å². The van der Waals surface area contributed by atoms with E-state index < -0.39 is 0 Å². The van der Waals surface area contributed by atoms with E-state index in [1.807, 2.05) is 11.8 Å². The van der Waals surface area contributed by atoms with Crippen molar-refractivity contribution in [2.24, 2.45) is 5.92 Å². The van der Waals surface area contributed by atoms with Gasteiger partial charge in [-0.25, -0.2) is 0 Å². The molecule has 1 aliphatic carbocycles. The van der Waals surface area contributed by atoms with E-state index in [2.05, 4.69) is 42.8 Å². The maximum atomic E-state index is 3.69. The minimum Gasteiger partial charge on any atom is -0.381 e. The van der Waals surface area contributed by atoms with Gasteiger partial charge < -0.3 is 5.32 Å². The Morgan fingerprint density at radius 2 is 2.07 bits per heavy atom. The average molecular weight is 221 g/mol. The van der Waals surface area contributed by atoms with Crippen molar-refractivity contribution in [2.75, 3.05) is 11.6 Å². The lowest BCUT2D eigenvalue weighted by Gasteiger charge is -2.20. The minimum absolute atomic E-state index is 0.679. The molecule has 1 saturated carbocycles. The number of anilines is 1. The van der Waals surface area contributed by atoms with E-state index in [-0.39, 0.29) is 0 Å². The first-order chi connectivity index (χ1) is 7.31. The van der Waals surface area contributed by atoms with Crippen molar-refractivity contribution < 1.29 is 0 Å². The van der Waals surface area contributed by atoms with Gasteiger partial charge in [-0.1, -0.05) is 25.5 Å². The molecule has 0 bridgehead atoms. The van der Waals surface area contributed by atoms with Crippen LogP contribution < -0.4 is 5.32 Å². The van der Waals surface area contributed by atoms with Crippen molar-refractivity contribution in [1.82, 2.24) is 0 Å². The third-order valence-corrected chi connectivity index (χ3v) is 4.11. The maximum absolute atomic E-state index is 3.69. The van der Waals surface area contributed by atoms with E-state index in [0.29, 0.717) is 6.04 Å². The zero-order valence-electron chi connectivity index (χ0n) is 9.49. The van der Waals surface area contributed by atoms with Crippen molar-refractivity contribution >= 4 is 17.4 Å². The summed E-state index contributed by atoms with van der Waals surface area (Å²) in [6.45, 7) is 2.35. The molecule has 2 heteroatoms. The molecule has 1 aromatic carbocycles. The minimum atomic E-state index is 0.679. The van der Waals surface area contributed by atoms with Crippen LogP contribution in [0.15, 0.2) is 29.2 Å². The molecule has 82 valence electrons. The molecule has 0 aliphatic heterocycles. The Kier molecular flexibility index (Phi) is 3.57. The van der Waals surface area contributed by atoms with Crippen LogP contribution in [-0.2, 0) is 0 Å². The fraction of sp³-hybridized carbons (Fsp3) is 0.538. The molecule has 1 aromatic rings. The van der Waals surface area contributed by atoms with Crippen LogP contribution in [0.1, 0.15) is 26.2 Å². The smallest absolute Gasteiger partial charge is 0.0480 e. The van der Waals surface area contributed by atoms with Crippen LogP contribution >= 0.6 is 11.8 Å². The highest BCUT2D eigenvalue weighted by Crippen LogP contribution is 2.31. The molecule has 0 aromatic heterocycles. The number of para-hydroxylation sites is 1. The highest BCUT2D eigenvalue weighted by atomic mass is 32.2. The van der Waals surface area contributed by atoms with Gasteiger partial charge in [0.25, 0.3) is 0 Å². The molecule has 0 heterocycles. The molecule has 1 fully saturated rings. The third-order valence-electron chi connectivity index (χ3n) is 3.31. The molecule has 1 nitrogen and oxygen atoms in total. The van der Waals surface area contributed by atoms with E-state index in [1.54, 1.807) is 0 Å². The molecule has 0 saturated heterocycles. The first kappa shape index (κ1) is 10.9. The zero-order valence-corrected chi connectivity index (χ0v) is 10.3. The van der Waals surface area contributed by atoms with Crippen molar-refractivity contribution in [3.8, 4) is 0 Å². The Labute approximate surface area is 96.7 Å². The highest BCUT2D eigenvalue weighted by Gasteiger charge is 2.23. The lowest BCUT2D eigenvalue weighted by molar-refractivity contribution is 0.555. The first-order valence-electron chi connectivity index (χ1n) is 5.71. The zero-order chi connectivity index (χ0) is 10.7. The lowest BCUT2D eigenvalue weighted by atomic mass is 10.1. The molecule has 2 unspecified atom stereocenters. The fourth-order valence-corrected chi connectivity index (χ4v) is 2.89. The van der Waals surface area contributed by atoms with Crippen LogP contribution in [0.3, 0.4) is 0 Å². The summed E-state index contributed by atoms with van der Waals surface area (Å²) in [6, 6.07) is 9.28. The maximum Gasteiger partial charge on any atom is 0.0480 e. The Hall–Kier alpha value is -0.630. The largest absolute Gasteiger partial charge is 0.381 e. The number of hydrogen-bond acceptors (Lipinski definition) is 2. The average Bonchev–Trinajstić information content (AvgIpc) is 2.65. The summed E-state index contributed by atoms with van der Waals surface area (Å²) in [4.78, 5) is 1.36. The summed E-state index contributed by atoms with van der Waals surface area (Å²) < 4.78 is 0. The predicted octanol–water partition coefficient (Wildman–Crippen LogP) is 4.01. The molecule has 15 heavy (non-hydrogen) atoms. The highest BCUT2D eigenvalue weighted by molar-refractivity contribution is 7.98. The van der Waals surface area contributed by atoms with Gasteiger partial charge in [0.1, 0.15) is 0 Å². The van der Waals surface area contributed by atoms with Gasteiger partial charge in [-0.05, 0) is 37.1 Å². The van der Waals surface area contributed by atoms with Crippen LogP contribution in [0.25, 0.3) is 0 Å². The monoisotopic (exact) mass is 221 g/mol. The molecule has 1 N–H and O–H groups in total. The molecule has 2 atom stereocenters. The Bertz CT molecular complexity index is 324. The summed E-state index contributed by atoms with van der Waals surface area (Å²) >= 11 is 1.82. The van der Waals surface area contributed by atoms with Crippen molar-refractivity contribution in [3.05, 3.63) is 24.3 Å². The molecular formula is C13H19NS. The standard InChI is InChI=1S/C13H19NS/c1-10-6-5-8-11(10)14-12-7-3-4-9-13(12)15-2/h3-4,7,9-11,14H,5-6,8H2,1-2H3. The van der Waals surface area contributed by atoms with Gasteiger partial charge in [0, 0.05) is 16.6 Å². The number of thioether (sulfide) groups is 1. The Morgan fingerprint density at radius 3 is 2.73 bits per heavy atom. The van der Waals surface area contributed by atoms with Gasteiger partial charge in [-0.2, -0.15) is 0 Å². The summed E-state index contributed by atoms with van der Waals surface area (Å²) in [5.41, 5.74) is 1.31. The molecule has 0 spiro atoms. The fourth-order valence-electron chi connectivity index (χ4n) is 2.32. The Morgan fingerprint density at radius 1 is 1.27 bits per heavy atom. The SMILES string of the molecule is CSc1ccccc1NC1CCCC1C. The van der Waals surface area contributed by atoms with Gasteiger partial charge in [-0.3, -0.25) is 0 Å². The van der Waals surface area contributed by atoms with E-state index in [0.717, 1.165) is 5.92 Å². The van der Waals surface area contributed by atoms with Gasteiger partial charge in [0.15, 0.2) is 0 Å². The van der Waals surface area contributed by atoms with E-state index >= 15 is 0 Å². The second-order valence-electron chi connectivity index (χ2n) is 4.36. The lowest BCUT2D eigenvalue weighted by Crippen LogP contribution is -2.22. The van der Waals surface area contributed by atoms with Gasteiger partial charge >= 0.3 is 0 Å². The predicted molar refractivity (Wildman–Crippen MR) is 68.6 cm³/mol. The summed E-state index contributed by atoms with van der Waals surface area (Å²) in [6.07, 6.45) is 6.21. The van der Waals surface area contributed by atoms with Crippen molar-refractivity contribution in [1.29, 1.82) is 0 Å². The van der Waals surface area contributed by atoms with E-state index in [4.69, 9.17) is 0 Å². The second-order valence-corrected chi connectivity index (χ2v) is 5.21. The van der Waals surface area contributed by atoms with E-state index in [1.165, 1.54) is 29.8 Å². The van der Waals surface area contributed by atoms with Crippen LogP contribution in [-0.4, -0.2) is 12.3 Å². The summed E-state index contributed by atoms with van der Waals surface area (Å²) in [7, 11) is 0. The van der Waals surface area contributed by atoms with Gasteiger partial charge in [0.05, 0.1) is 0 Å². The molecule has 1 aliphatic rings. The number of rotatable bonds is 3. The molecule has 0 amide bonds. The van der Waals surface area contributed by atoms with Crippen LogP contribution in [0.2, 0.25) is 0 Å². The normalized spacial score (nSPS) is 25.5. The van der Waals surface area contributed by atoms with Crippen molar-refractivity contribution in [3.63, 3.8) is 0 Å². The number of nitrogens with one attached hydrogen (secondary N) is 1. The summed E-state index contributed by atoms with van der Waals surface area (Å²) in [5.74, 6) is 0.819. The molecule has 0 radical (unpaired) electrons. The van der Waals surface area contributed by atoms with E-state index in [9.17, 15) is 0 Å². The first-order valence-corrected chi connectivity index (χ1v) is 6.93. The van der Waals surface area contributed by atoms with Crippen molar-refractivity contribution in [2.45, 2.75) is 37.1 Å². The topological polar surface area (TPSA) is 12.0 Å². The number of benzene rings is 1. The summed E-state index contributed by atoms with van der Waals surface area (Å²) in [5, 5.41) is 3.69. The quantitative estimate of drug-likeness (QED) is 0.774. The van der Waals surface area contributed by atoms with Crippen LogP contribution in [0.5, 0.6) is 0 Å². The number of hydrogen-bond donors (Lipinski definition) is 1. The molecular weight excluding hydrogens is 202 g/mol. The van der Waals surface area contributed by atoms with Gasteiger partial charge in [-0.15, -0.1) is 11.8 Å². The van der Waals surface area contributed by atoms with Crippen LogP contribution in [0.4, 0.5) is 5.69 Å². The Balaban J connectivity index is 2.09. The second kappa shape index (κ2) is 4.93. The van der Waals surface area contributed by atoms with Gasteiger partial charge in [0.2, 0.25) is 0 Å². The third kappa shape index (κ3) is 2.49. The molecule has 2 rings (SSSR count).